The summed E-state index contributed by atoms with van der Waals surface area (Å²) in [6, 6.07) is 3.40. The lowest BCUT2D eigenvalue weighted by Crippen LogP contribution is -2.38. The number of carboxylic acids is 1. The lowest BCUT2D eigenvalue weighted by molar-refractivity contribution is -0.141. The van der Waals surface area contributed by atoms with Gasteiger partial charge in [0.25, 0.3) is 5.91 Å². The van der Waals surface area contributed by atoms with E-state index in [2.05, 4.69) is 15.9 Å². The van der Waals surface area contributed by atoms with Crippen LogP contribution in [0.2, 0.25) is 0 Å². The highest BCUT2D eigenvalue weighted by Gasteiger charge is 2.35. The van der Waals surface area contributed by atoms with Crippen molar-refractivity contribution >= 4 is 27.8 Å². The zero-order valence-electron chi connectivity index (χ0n) is 9.93. The molecule has 2 rings (SSSR count). The minimum atomic E-state index is -0.894. The van der Waals surface area contributed by atoms with Gasteiger partial charge in [0.15, 0.2) is 10.4 Å². The maximum atomic E-state index is 12.2. The van der Waals surface area contributed by atoms with Gasteiger partial charge in [-0.25, -0.2) is 0 Å². The Morgan fingerprint density at radius 1 is 1.56 bits per heavy atom. The topological polar surface area (TPSA) is 70.8 Å². The van der Waals surface area contributed by atoms with Crippen LogP contribution in [-0.2, 0) is 4.79 Å². The van der Waals surface area contributed by atoms with Gasteiger partial charge in [0.1, 0.15) is 0 Å². The van der Waals surface area contributed by atoms with Crippen molar-refractivity contribution in [2.75, 3.05) is 6.54 Å². The summed E-state index contributed by atoms with van der Waals surface area (Å²) in [6.45, 7) is 1.82. The third-order valence-electron chi connectivity index (χ3n) is 2.92. The van der Waals surface area contributed by atoms with Gasteiger partial charge in [0.2, 0.25) is 0 Å². The zero-order chi connectivity index (χ0) is 13.3. The highest BCUT2D eigenvalue weighted by atomic mass is 79.9. The summed E-state index contributed by atoms with van der Waals surface area (Å²) in [5.74, 6) is -1.47. The number of nitrogens with zero attached hydrogens (tertiary/aromatic N) is 1. The molecule has 0 saturated heterocycles. The Bertz CT molecular complexity index is 466. The van der Waals surface area contributed by atoms with Gasteiger partial charge >= 0.3 is 5.97 Å². The van der Waals surface area contributed by atoms with Crippen LogP contribution in [0.25, 0.3) is 0 Å². The fourth-order valence-corrected chi connectivity index (χ4v) is 2.03. The van der Waals surface area contributed by atoms with E-state index in [-0.39, 0.29) is 24.3 Å². The smallest absolute Gasteiger partial charge is 0.308 e. The number of hydrogen-bond acceptors (Lipinski definition) is 3. The van der Waals surface area contributed by atoms with Crippen molar-refractivity contribution < 1.29 is 19.1 Å². The number of aliphatic carboxylic acids is 1. The lowest BCUT2D eigenvalue weighted by Gasteiger charge is -2.23. The number of halogens is 1. The molecular weight excluding hydrogens is 302 g/mol. The van der Waals surface area contributed by atoms with Crippen molar-refractivity contribution in [1.82, 2.24) is 4.90 Å². The van der Waals surface area contributed by atoms with Crippen LogP contribution in [0.4, 0.5) is 0 Å². The average Bonchev–Trinajstić information content (AvgIpc) is 3.07. The van der Waals surface area contributed by atoms with Crippen LogP contribution in [0, 0.1) is 5.92 Å². The molecule has 1 aliphatic carbocycles. The quantitative estimate of drug-likeness (QED) is 0.905. The molecule has 1 N–H and O–H groups in total. The van der Waals surface area contributed by atoms with Crippen molar-refractivity contribution in [3.05, 3.63) is 22.6 Å². The van der Waals surface area contributed by atoms with Crippen molar-refractivity contribution in [2.45, 2.75) is 25.8 Å². The predicted molar refractivity (Wildman–Crippen MR) is 67.3 cm³/mol. The van der Waals surface area contributed by atoms with Gasteiger partial charge in [-0.05, 0) is 40.9 Å². The van der Waals surface area contributed by atoms with Crippen LogP contribution in [0.1, 0.15) is 30.3 Å². The van der Waals surface area contributed by atoms with Gasteiger partial charge in [-0.1, -0.05) is 6.92 Å². The standard InChI is InChI=1S/C12H14BrNO4/c1-7(12(16)17)6-14(8-2-3-8)11(15)9-4-5-10(13)18-9/h4-5,7-8H,2-3,6H2,1H3,(H,16,17)/t7-/m0/s1. The molecule has 18 heavy (non-hydrogen) atoms. The largest absolute Gasteiger partial charge is 0.481 e. The zero-order valence-corrected chi connectivity index (χ0v) is 11.5. The first-order chi connectivity index (χ1) is 8.49. The van der Waals surface area contributed by atoms with Gasteiger partial charge < -0.3 is 14.4 Å². The Labute approximate surface area is 113 Å². The molecule has 0 unspecified atom stereocenters. The molecule has 1 fully saturated rings. The molecule has 1 aromatic rings. The van der Waals surface area contributed by atoms with Crippen LogP contribution in [0.15, 0.2) is 21.2 Å². The van der Waals surface area contributed by atoms with E-state index in [9.17, 15) is 9.59 Å². The highest BCUT2D eigenvalue weighted by molar-refractivity contribution is 9.10. The van der Waals surface area contributed by atoms with E-state index < -0.39 is 11.9 Å². The van der Waals surface area contributed by atoms with E-state index >= 15 is 0 Å². The summed E-state index contributed by atoms with van der Waals surface area (Å²) in [5, 5.41) is 8.92. The Balaban J connectivity index is 2.10. The molecule has 0 radical (unpaired) electrons. The monoisotopic (exact) mass is 315 g/mol. The van der Waals surface area contributed by atoms with Crippen LogP contribution in [0.3, 0.4) is 0 Å². The summed E-state index contributed by atoms with van der Waals surface area (Å²) in [7, 11) is 0. The van der Waals surface area contributed by atoms with Gasteiger partial charge in [-0.2, -0.15) is 0 Å². The fraction of sp³-hybridized carbons (Fsp3) is 0.500. The number of amides is 1. The van der Waals surface area contributed by atoms with E-state index in [0.717, 1.165) is 12.8 Å². The molecule has 1 atom stereocenters. The van der Waals surface area contributed by atoms with E-state index in [1.165, 1.54) is 0 Å². The minimum Gasteiger partial charge on any atom is -0.481 e. The van der Waals surface area contributed by atoms with Crippen molar-refractivity contribution in [1.29, 1.82) is 0 Å². The number of furan rings is 1. The second-order valence-corrected chi connectivity index (χ2v) is 5.31. The molecule has 0 aliphatic heterocycles. The molecule has 1 amide bonds. The van der Waals surface area contributed by atoms with E-state index in [1.807, 2.05) is 0 Å². The highest BCUT2D eigenvalue weighted by Crippen LogP contribution is 2.29. The number of carbonyl (C=O) groups is 2. The molecular formula is C12H14BrNO4. The average molecular weight is 316 g/mol. The lowest BCUT2D eigenvalue weighted by atomic mass is 10.1. The van der Waals surface area contributed by atoms with Crippen LogP contribution in [-0.4, -0.2) is 34.5 Å². The van der Waals surface area contributed by atoms with E-state index in [4.69, 9.17) is 9.52 Å². The maximum absolute atomic E-state index is 12.2. The molecule has 1 aliphatic rings. The molecule has 0 aromatic carbocycles. The number of hydrogen-bond donors (Lipinski definition) is 1. The first kappa shape index (κ1) is 13.1. The van der Waals surface area contributed by atoms with Crippen molar-refractivity contribution in [3.8, 4) is 0 Å². The number of rotatable bonds is 5. The normalized spacial score (nSPS) is 16.3. The molecule has 1 saturated carbocycles. The molecule has 6 heteroatoms. The summed E-state index contributed by atoms with van der Waals surface area (Å²) in [5.41, 5.74) is 0. The number of carbonyl (C=O) groups excluding carboxylic acids is 1. The second kappa shape index (κ2) is 5.14. The second-order valence-electron chi connectivity index (χ2n) is 4.53. The SMILES string of the molecule is C[C@@H](CN(C(=O)c1ccc(Br)o1)C1CC1)C(=O)O. The van der Waals surface area contributed by atoms with Crippen molar-refractivity contribution in [3.63, 3.8) is 0 Å². The summed E-state index contributed by atoms with van der Waals surface area (Å²) in [4.78, 5) is 24.7. The molecule has 5 nitrogen and oxygen atoms in total. The van der Waals surface area contributed by atoms with E-state index in [0.29, 0.717) is 4.67 Å². The van der Waals surface area contributed by atoms with Gasteiger partial charge in [0.05, 0.1) is 5.92 Å². The predicted octanol–water partition coefficient (Wildman–Crippen LogP) is 2.37. The fourth-order valence-electron chi connectivity index (χ4n) is 1.73. The van der Waals surface area contributed by atoms with Crippen molar-refractivity contribution in [2.24, 2.45) is 5.92 Å². The van der Waals surface area contributed by atoms with Crippen LogP contribution < -0.4 is 0 Å². The Morgan fingerprint density at radius 2 is 2.22 bits per heavy atom. The van der Waals surface area contributed by atoms with Crippen LogP contribution >= 0.6 is 15.9 Å². The first-order valence-electron chi connectivity index (χ1n) is 5.78. The van der Waals surface area contributed by atoms with Gasteiger partial charge in [0, 0.05) is 12.6 Å². The van der Waals surface area contributed by atoms with Gasteiger partial charge in [-0.3, -0.25) is 9.59 Å². The minimum absolute atomic E-state index is 0.156. The number of carboxylic acid groups (broad SMARTS) is 1. The van der Waals surface area contributed by atoms with Crippen LogP contribution in [0.5, 0.6) is 0 Å². The summed E-state index contributed by atoms with van der Waals surface area (Å²) in [6.07, 6.45) is 1.86. The summed E-state index contributed by atoms with van der Waals surface area (Å²) < 4.78 is 5.72. The first-order valence-corrected chi connectivity index (χ1v) is 6.57. The Kier molecular flexibility index (Phi) is 3.75. The molecule has 0 spiro atoms. The molecule has 98 valence electrons. The van der Waals surface area contributed by atoms with Gasteiger partial charge in [-0.15, -0.1) is 0 Å². The third kappa shape index (κ3) is 2.93. The van der Waals surface area contributed by atoms with E-state index in [1.54, 1.807) is 24.0 Å². The molecule has 1 aromatic heterocycles. The molecule has 0 bridgehead atoms. The molecule has 1 heterocycles. The third-order valence-corrected chi connectivity index (χ3v) is 3.35. The Morgan fingerprint density at radius 3 is 2.67 bits per heavy atom. The maximum Gasteiger partial charge on any atom is 0.308 e. The Hall–Kier alpha value is -1.30. The summed E-state index contributed by atoms with van der Waals surface area (Å²) >= 11 is 3.14.